The zero-order chi connectivity index (χ0) is 16.8. The maximum Gasteiger partial charge on any atom is 0.129 e. The van der Waals surface area contributed by atoms with Gasteiger partial charge in [-0.3, -0.25) is 0 Å². The third-order valence-corrected chi connectivity index (χ3v) is 6.69. The molecule has 1 saturated heterocycles. The summed E-state index contributed by atoms with van der Waals surface area (Å²) in [6, 6.07) is 10.4. The van der Waals surface area contributed by atoms with Crippen molar-refractivity contribution >= 4 is 19.1 Å². The number of benzene rings is 1. The molecule has 0 aliphatic carbocycles. The van der Waals surface area contributed by atoms with E-state index < -0.39 is 19.1 Å². The van der Waals surface area contributed by atoms with Crippen LogP contribution in [0.25, 0.3) is 0 Å². The number of hydrogen-bond acceptors (Lipinski definition) is 1. The van der Waals surface area contributed by atoms with Crippen molar-refractivity contribution in [2.24, 2.45) is 0 Å². The van der Waals surface area contributed by atoms with Crippen molar-refractivity contribution in [2.75, 3.05) is 0 Å². The molecule has 4 heteroatoms. The summed E-state index contributed by atoms with van der Waals surface area (Å²) in [5.41, 5.74) is 4.41. The Bertz CT molecular complexity index is 633. The van der Waals surface area contributed by atoms with Crippen LogP contribution in [0.5, 0.6) is 0 Å². The molecule has 0 aromatic heterocycles. The molecule has 1 aliphatic rings. The summed E-state index contributed by atoms with van der Waals surface area (Å²) >= 11 is 0. The van der Waals surface area contributed by atoms with Gasteiger partial charge in [-0.2, -0.15) is 4.31 Å². The summed E-state index contributed by atoms with van der Waals surface area (Å²) in [4.78, 5) is 0. The van der Waals surface area contributed by atoms with E-state index in [1.807, 2.05) is 39.0 Å². The molecule has 2 rings (SSSR count). The molecule has 1 fully saturated rings. The van der Waals surface area contributed by atoms with Gasteiger partial charge in [-0.25, -0.2) is 4.21 Å². The summed E-state index contributed by atoms with van der Waals surface area (Å²) in [6.07, 6.45) is 0. The lowest BCUT2D eigenvalue weighted by Gasteiger charge is -2.21. The average molecular weight is 334 g/mol. The number of nitrogens with zero attached hydrogens (tertiary/aromatic N) is 1. The normalized spacial score (nSPS) is 29.4. The van der Waals surface area contributed by atoms with Gasteiger partial charge < -0.3 is 0 Å². The molecule has 1 heterocycles. The molecule has 2 nitrogen and oxygen atoms in total. The topological polar surface area (TPSA) is 20.1 Å². The van der Waals surface area contributed by atoms with Crippen molar-refractivity contribution < 1.29 is 4.21 Å². The van der Waals surface area contributed by atoms with E-state index in [0.29, 0.717) is 0 Å². The van der Waals surface area contributed by atoms with Crippen molar-refractivity contribution in [1.29, 1.82) is 0 Å². The van der Waals surface area contributed by atoms with Crippen LogP contribution in [-0.4, -0.2) is 27.4 Å². The largest absolute Gasteiger partial charge is 0.242 e. The first kappa shape index (κ1) is 17.5. The van der Waals surface area contributed by atoms with E-state index in [4.69, 9.17) is 0 Å². The first-order valence-electron chi connectivity index (χ1n) is 7.77. The van der Waals surface area contributed by atoms with Crippen molar-refractivity contribution in [3.05, 3.63) is 35.9 Å². The molecule has 0 amide bonds. The number of rotatable bonds is 2. The Kier molecular flexibility index (Phi) is 4.47. The highest BCUT2D eigenvalue weighted by Gasteiger charge is 2.64. The Labute approximate surface area is 138 Å². The highest BCUT2D eigenvalue weighted by Crippen LogP contribution is 2.52. The summed E-state index contributed by atoms with van der Waals surface area (Å²) in [7, 11) is -2.50. The van der Waals surface area contributed by atoms with Gasteiger partial charge in [-0.05, 0) is 33.3 Å². The molecule has 0 spiro atoms. The van der Waals surface area contributed by atoms with Crippen LogP contribution < -0.4 is 0 Å². The molecule has 1 aliphatic heterocycles. The van der Waals surface area contributed by atoms with E-state index in [1.165, 1.54) is 5.56 Å². The minimum Gasteiger partial charge on any atom is -0.242 e. The maximum absolute atomic E-state index is 12.9. The lowest BCUT2D eigenvalue weighted by Crippen LogP contribution is -2.30. The number of hydrogen-bond donors (Lipinski definition) is 0. The Morgan fingerprint density at radius 3 is 2.18 bits per heavy atom. The van der Waals surface area contributed by atoms with E-state index in [-0.39, 0.29) is 16.3 Å². The van der Waals surface area contributed by atoms with Gasteiger partial charge in [0.2, 0.25) is 0 Å². The summed E-state index contributed by atoms with van der Waals surface area (Å²) in [5.74, 6) is 3.43. The van der Waals surface area contributed by atoms with Gasteiger partial charge in [0, 0.05) is 0 Å². The second kappa shape index (κ2) is 5.63. The Morgan fingerprint density at radius 1 is 1.18 bits per heavy atom. The van der Waals surface area contributed by atoms with Gasteiger partial charge in [-0.1, -0.05) is 55.9 Å². The van der Waals surface area contributed by atoms with E-state index >= 15 is 0 Å². The van der Waals surface area contributed by atoms with Crippen LogP contribution in [-0.2, 0) is 16.5 Å². The first-order chi connectivity index (χ1) is 9.98. The SMILES string of the molecule is CC(C)(C)[S@@](=O)N1[C@H](C#C[Si](C)(C)C)[C@]1(C)c1ccccc1. The molecule has 0 bridgehead atoms. The Hall–Kier alpha value is -0.893. The highest BCUT2D eigenvalue weighted by atomic mass is 32.2. The molecule has 4 atom stereocenters. The summed E-state index contributed by atoms with van der Waals surface area (Å²) < 4.78 is 14.7. The molecule has 0 saturated carbocycles. The zero-order valence-electron chi connectivity index (χ0n) is 14.7. The molecular formula is C18H27NOSSi. The Balaban J connectivity index is 2.41. The molecule has 1 unspecified atom stereocenters. The molecule has 1 aromatic rings. The quantitative estimate of drug-likeness (QED) is 0.456. The molecule has 22 heavy (non-hydrogen) atoms. The fourth-order valence-corrected chi connectivity index (χ4v) is 4.58. The fraction of sp³-hybridized carbons (Fsp3) is 0.556. The van der Waals surface area contributed by atoms with Crippen molar-refractivity contribution in [3.8, 4) is 11.5 Å². The standard InChI is InChI=1S/C18H27NOSSi/c1-17(2,3)21(20)19-16(13-14-22(5,6)7)18(19,4)15-11-9-8-10-12-15/h8-12,16H,1-7H3/t16-,18+,19?,21-/m1/s1. The van der Waals surface area contributed by atoms with Gasteiger partial charge in [0.05, 0.1) is 10.3 Å². The minimum atomic E-state index is -1.44. The third kappa shape index (κ3) is 3.37. The molecule has 1 aromatic carbocycles. The second-order valence-electron chi connectivity index (χ2n) is 8.12. The molecule has 0 N–H and O–H groups in total. The maximum atomic E-state index is 12.9. The van der Waals surface area contributed by atoms with E-state index in [9.17, 15) is 4.21 Å². The van der Waals surface area contributed by atoms with Crippen LogP contribution in [0.1, 0.15) is 33.3 Å². The van der Waals surface area contributed by atoms with E-state index in [1.54, 1.807) is 0 Å². The van der Waals surface area contributed by atoms with Gasteiger partial charge >= 0.3 is 0 Å². The van der Waals surface area contributed by atoms with Gasteiger partial charge in [0.1, 0.15) is 25.1 Å². The zero-order valence-corrected chi connectivity index (χ0v) is 16.5. The first-order valence-corrected chi connectivity index (χ1v) is 12.4. The monoisotopic (exact) mass is 333 g/mol. The second-order valence-corrected chi connectivity index (χ2v) is 15.0. The molecule has 0 radical (unpaired) electrons. The van der Waals surface area contributed by atoms with Crippen LogP contribution in [0.3, 0.4) is 0 Å². The van der Waals surface area contributed by atoms with Gasteiger partial charge in [-0.15, -0.1) is 5.54 Å². The average Bonchev–Trinajstić information content (AvgIpc) is 3.01. The van der Waals surface area contributed by atoms with Crippen molar-refractivity contribution in [3.63, 3.8) is 0 Å². The van der Waals surface area contributed by atoms with Gasteiger partial charge in [0.15, 0.2) is 0 Å². The molecular weight excluding hydrogens is 306 g/mol. The minimum absolute atomic E-state index is 0.0432. The highest BCUT2D eigenvalue weighted by molar-refractivity contribution is 7.84. The summed E-state index contributed by atoms with van der Waals surface area (Å²) in [5, 5.41) is 0. The van der Waals surface area contributed by atoms with Crippen LogP contribution in [0, 0.1) is 11.5 Å². The van der Waals surface area contributed by atoms with Crippen molar-refractivity contribution in [1.82, 2.24) is 4.31 Å². The predicted octanol–water partition coefficient (Wildman–Crippen LogP) is 3.93. The summed E-state index contributed by atoms with van der Waals surface area (Å²) in [6.45, 7) is 15.0. The smallest absolute Gasteiger partial charge is 0.129 e. The lowest BCUT2D eigenvalue weighted by atomic mass is 9.97. The predicted molar refractivity (Wildman–Crippen MR) is 98.4 cm³/mol. The van der Waals surface area contributed by atoms with E-state index in [2.05, 4.69) is 54.5 Å². The fourth-order valence-electron chi connectivity index (χ4n) is 2.47. The van der Waals surface area contributed by atoms with Gasteiger partial charge in [0.25, 0.3) is 0 Å². The lowest BCUT2D eigenvalue weighted by molar-refractivity contribution is 0.563. The van der Waals surface area contributed by atoms with Crippen LogP contribution >= 0.6 is 0 Å². The van der Waals surface area contributed by atoms with Crippen LogP contribution in [0.15, 0.2) is 30.3 Å². The third-order valence-electron chi connectivity index (χ3n) is 3.80. The molecule has 120 valence electrons. The van der Waals surface area contributed by atoms with Crippen LogP contribution in [0.4, 0.5) is 0 Å². The van der Waals surface area contributed by atoms with Crippen LogP contribution in [0.2, 0.25) is 19.6 Å². The van der Waals surface area contributed by atoms with E-state index in [0.717, 1.165) is 0 Å². The van der Waals surface area contributed by atoms with Crippen molar-refractivity contribution in [2.45, 2.75) is 63.7 Å². The Morgan fingerprint density at radius 2 is 1.73 bits per heavy atom.